The Bertz CT molecular complexity index is 1180. The molecule has 0 fully saturated rings. The Morgan fingerprint density at radius 3 is 2.65 bits per heavy atom. The molecule has 8 nitrogen and oxygen atoms in total. The molecule has 3 aromatic rings. The molecule has 0 aliphatic rings. The summed E-state index contributed by atoms with van der Waals surface area (Å²) in [7, 11) is 0. The number of non-ortho nitro benzene ring substituents is 1. The number of halogens is 1. The molecule has 1 heterocycles. The Balaban J connectivity index is 1.76. The van der Waals surface area contributed by atoms with Gasteiger partial charge in [0.1, 0.15) is 6.61 Å². The van der Waals surface area contributed by atoms with Crippen molar-refractivity contribution in [2.45, 2.75) is 27.4 Å². The van der Waals surface area contributed by atoms with Gasteiger partial charge < -0.3 is 4.74 Å². The number of hydrogen-bond donors (Lipinski definition) is 0. The van der Waals surface area contributed by atoms with Crippen molar-refractivity contribution in [3.05, 3.63) is 79.3 Å². The van der Waals surface area contributed by atoms with Gasteiger partial charge in [0.25, 0.3) is 5.69 Å². The number of anilines is 2. The molecule has 3 rings (SSSR count). The van der Waals surface area contributed by atoms with Crippen LogP contribution < -0.4 is 4.90 Å². The first kappa shape index (κ1) is 22.4. The lowest BCUT2D eigenvalue weighted by molar-refractivity contribution is -0.384. The van der Waals surface area contributed by atoms with Crippen LogP contribution in [0.25, 0.3) is 0 Å². The fourth-order valence-electron chi connectivity index (χ4n) is 2.85. The Morgan fingerprint density at radius 2 is 2.00 bits per heavy atom. The summed E-state index contributed by atoms with van der Waals surface area (Å²) < 4.78 is 5.24. The number of amides is 1. The van der Waals surface area contributed by atoms with E-state index in [0.717, 1.165) is 22.9 Å². The lowest BCUT2D eigenvalue weighted by atomic mass is 10.1. The molecule has 0 atom stereocenters. The summed E-state index contributed by atoms with van der Waals surface area (Å²) in [4.78, 5) is 40.8. The quantitative estimate of drug-likeness (QED) is 0.279. The van der Waals surface area contributed by atoms with E-state index in [1.165, 1.54) is 35.3 Å². The van der Waals surface area contributed by atoms with Crippen molar-refractivity contribution in [2.24, 2.45) is 0 Å². The van der Waals surface area contributed by atoms with Gasteiger partial charge in [0.2, 0.25) is 5.91 Å². The Hall–Kier alpha value is -3.30. The minimum atomic E-state index is -0.729. The third-order valence-electron chi connectivity index (χ3n) is 4.60. The van der Waals surface area contributed by atoms with E-state index in [4.69, 9.17) is 16.3 Å². The zero-order valence-corrected chi connectivity index (χ0v) is 18.5. The third-order valence-corrected chi connectivity index (χ3v) is 5.78. The van der Waals surface area contributed by atoms with Crippen molar-refractivity contribution >= 4 is 51.3 Å². The second kappa shape index (κ2) is 9.23. The number of aryl methyl sites for hydroxylation is 1. The highest BCUT2D eigenvalue weighted by molar-refractivity contribution is 7.14. The van der Waals surface area contributed by atoms with Crippen LogP contribution in [0.1, 0.15) is 34.1 Å². The molecule has 0 spiro atoms. The SMILES string of the molecule is CC(=O)N(c1nc(COC(=O)c2ccc([N+](=O)[O-])cc2Cl)cs1)c1cccc(C)c1C. The van der Waals surface area contributed by atoms with Crippen molar-refractivity contribution in [1.29, 1.82) is 0 Å². The number of carbonyl (C=O) groups excluding carboxylic acids is 2. The molecule has 0 unspecified atom stereocenters. The van der Waals surface area contributed by atoms with E-state index in [-0.39, 0.29) is 28.8 Å². The number of rotatable bonds is 6. The van der Waals surface area contributed by atoms with Crippen LogP contribution in [0.15, 0.2) is 41.8 Å². The van der Waals surface area contributed by atoms with Crippen LogP contribution in [0.5, 0.6) is 0 Å². The number of nitro benzene ring substituents is 1. The molecule has 160 valence electrons. The standard InChI is InChI=1S/C21H18ClN3O5S/c1-12-5-4-6-19(13(12)2)24(14(3)26)21-23-15(11-31-21)10-30-20(27)17-8-7-16(25(28)29)9-18(17)22/h4-9,11H,10H2,1-3H3. The van der Waals surface area contributed by atoms with Crippen molar-refractivity contribution in [2.75, 3.05) is 4.90 Å². The number of thiazole rings is 1. The van der Waals surface area contributed by atoms with Crippen molar-refractivity contribution in [1.82, 2.24) is 4.98 Å². The molecule has 1 amide bonds. The van der Waals surface area contributed by atoms with Gasteiger partial charge in [0.15, 0.2) is 5.13 Å². The fourth-order valence-corrected chi connectivity index (χ4v) is 3.97. The summed E-state index contributed by atoms with van der Waals surface area (Å²) in [5, 5.41) is 12.9. The Kier molecular flexibility index (Phi) is 6.67. The smallest absolute Gasteiger partial charge is 0.340 e. The Morgan fingerprint density at radius 1 is 1.26 bits per heavy atom. The summed E-state index contributed by atoms with van der Waals surface area (Å²) in [5.74, 6) is -0.920. The molecular weight excluding hydrogens is 442 g/mol. The first-order chi connectivity index (χ1) is 14.7. The maximum absolute atomic E-state index is 12.3. The first-order valence-electron chi connectivity index (χ1n) is 9.11. The van der Waals surface area contributed by atoms with E-state index in [1.807, 2.05) is 32.0 Å². The second-order valence-electron chi connectivity index (χ2n) is 6.69. The average Bonchev–Trinajstić information content (AvgIpc) is 3.17. The molecule has 0 saturated heterocycles. The van der Waals surface area contributed by atoms with Gasteiger partial charge in [-0.15, -0.1) is 11.3 Å². The second-order valence-corrected chi connectivity index (χ2v) is 7.94. The molecule has 31 heavy (non-hydrogen) atoms. The van der Waals surface area contributed by atoms with E-state index in [9.17, 15) is 19.7 Å². The van der Waals surface area contributed by atoms with Crippen LogP contribution in [0, 0.1) is 24.0 Å². The summed E-state index contributed by atoms with van der Waals surface area (Å²) in [6.45, 7) is 5.22. The number of hydrogen-bond acceptors (Lipinski definition) is 7. The van der Waals surface area contributed by atoms with Gasteiger partial charge in [0.05, 0.1) is 26.9 Å². The zero-order valence-electron chi connectivity index (χ0n) is 16.9. The van der Waals surface area contributed by atoms with E-state index in [2.05, 4.69) is 4.98 Å². The predicted octanol–water partition coefficient (Wildman–Crippen LogP) is 5.36. The Labute approximate surface area is 187 Å². The highest BCUT2D eigenvalue weighted by Gasteiger charge is 2.21. The van der Waals surface area contributed by atoms with Gasteiger partial charge in [-0.05, 0) is 37.1 Å². The third kappa shape index (κ3) is 4.89. The van der Waals surface area contributed by atoms with Gasteiger partial charge >= 0.3 is 5.97 Å². The molecule has 0 aliphatic heterocycles. The van der Waals surface area contributed by atoms with Crippen molar-refractivity contribution < 1.29 is 19.2 Å². The molecule has 2 aromatic carbocycles. The van der Waals surface area contributed by atoms with Gasteiger partial charge in [-0.2, -0.15) is 0 Å². The van der Waals surface area contributed by atoms with E-state index in [0.29, 0.717) is 10.8 Å². The summed E-state index contributed by atoms with van der Waals surface area (Å²) in [6.07, 6.45) is 0. The van der Waals surface area contributed by atoms with Gasteiger partial charge in [-0.25, -0.2) is 9.78 Å². The predicted molar refractivity (Wildman–Crippen MR) is 118 cm³/mol. The van der Waals surface area contributed by atoms with Gasteiger partial charge in [-0.1, -0.05) is 23.7 Å². The minimum Gasteiger partial charge on any atom is -0.456 e. The molecular formula is C21H18ClN3O5S. The van der Waals surface area contributed by atoms with E-state index < -0.39 is 10.9 Å². The normalized spacial score (nSPS) is 10.6. The average molecular weight is 460 g/mol. The topological polar surface area (TPSA) is 103 Å². The number of carbonyl (C=O) groups is 2. The lowest BCUT2D eigenvalue weighted by Crippen LogP contribution is -2.23. The van der Waals surface area contributed by atoms with Crippen LogP contribution in [0.3, 0.4) is 0 Å². The number of nitrogens with zero attached hydrogens (tertiary/aromatic N) is 3. The van der Waals surface area contributed by atoms with Gasteiger partial charge in [0, 0.05) is 24.4 Å². The maximum Gasteiger partial charge on any atom is 0.340 e. The summed E-state index contributed by atoms with van der Waals surface area (Å²) >= 11 is 7.22. The number of nitro groups is 1. The highest BCUT2D eigenvalue weighted by Crippen LogP contribution is 2.32. The first-order valence-corrected chi connectivity index (χ1v) is 10.4. The molecule has 0 aliphatic carbocycles. The largest absolute Gasteiger partial charge is 0.456 e. The number of ether oxygens (including phenoxy) is 1. The molecule has 10 heteroatoms. The fraction of sp³-hybridized carbons (Fsp3) is 0.190. The monoisotopic (exact) mass is 459 g/mol. The number of aromatic nitrogens is 1. The number of esters is 1. The lowest BCUT2D eigenvalue weighted by Gasteiger charge is -2.21. The van der Waals surface area contributed by atoms with Crippen molar-refractivity contribution in [3.63, 3.8) is 0 Å². The summed E-state index contributed by atoms with van der Waals surface area (Å²) in [5.41, 5.74) is 3.01. The molecule has 0 radical (unpaired) electrons. The summed E-state index contributed by atoms with van der Waals surface area (Å²) in [6, 6.07) is 9.20. The number of benzene rings is 2. The van der Waals surface area contributed by atoms with Crippen LogP contribution in [-0.4, -0.2) is 21.8 Å². The maximum atomic E-state index is 12.3. The highest BCUT2D eigenvalue weighted by atomic mass is 35.5. The molecule has 0 N–H and O–H groups in total. The van der Waals surface area contributed by atoms with Crippen LogP contribution in [0.2, 0.25) is 5.02 Å². The zero-order chi connectivity index (χ0) is 22.7. The van der Waals surface area contributed by atoms with Crippen LogP contribution >= 0.6 is 22.9 Å². The van der Waals surface area contributed by atoms with E-state index >= 15 is 0 Å². The van der Waals surface area contributed by atoms with E-state index in [1.54, 1.807) is 5.38 Å². The van der Waals surface area contributed by atoms with Gasteiger partial charge in [-0.3, -0.25) is 19.8 Å². The minimum absolute atomic E-state index is 0.0171. The van der Waals surface area contributed by atoms with Crippen molar-refractivity contribution in [3.8, 4) is 0 Å². The van der Waals surface area contributed by atoms with Crippen LogP contribution in [0.4, 0.5) is 16.5 Å². The molecule has 1 aromatic heterocycles. The molecule has 0 bridgehead atoms. The molecule has 0 saturated carbocycles. The van der Waals surface area contributed by atoms with Crippen LogP contribution in [-0.2, 0) is 16.1 Å².